The third kappa shape index (κ3) is 2.63. The first kappa shape index (κ1) is 15.7. The molecule has 24 heavy (non-hydrogen) atoms. The normalized spacial score (nSPS) is 10.8. The molecule has 7 nitrogen and oxygen atoms in total. The van der Waals surface area contributed by atoms with Crippen LogP contribution in [0.3, 0.4) is 0 Å². The Hall–Kier alpha value is -3.14. The number of fused-ring (bicyclic) bond motifs is 1. The summed E-state index contributed by atoms with van der Waals surface area (Å²) < 4.78 is 7.07. The molecular formula is C17H17N5O2. The van der Waals surface area contributed by atoms with Gasteiger partial charge < -0.3 is 9.32 Å². The van der Waals surface area contributed by atoms with Crippen LogP contribution in [0.25, 0.3) is 22.5 Å². The van der Waals surface area contributed by atoms with Crippen LogP contribution >= 0.6 is 0 Å². The lowest BCUT2D eigenvalue weighted by Crippen LogP contribution is -2.28. The highest BCUT2D eigenvalue weighted by atomic mass is 16.3. The van der Waals surface area contributed by atoms with Gasteiger partial charge in [0.25, 0.3) is 5.91 Å². The number of aryl methyl sites for hydroxylation is 2. The summed E-state index contributed by atoms with van der Waals surface area (Å²) in [7, 11) is 3.48. The summed E-state index contributed by atoms with van der Waals surface area (Å²) in [6.07, 6.45) is 1.85. The molecule has 0 aromatic carbocycles. The molecule has 122 valence electrons. The number of amides is 1. The largest absolute Gasteiger partial charge is 0.463 e. The maximum Gasteiger partial charge on any atom is 0.254 e. The van der Waals surface area contributed by atoms with E-state index in [1.165, 1.54) is 4.90 Å². The molecule has 0 unspecified atom stereocenters. The molecule has 0 aliphatic heterocycles. The van der Waals surface area contributed by atoms with Crippen molar-refractivity contribution in [3.8, 4) is 17.5 Å². The number of aromatic nitrogens is 3. The van der Waals surface area contributed by atoms with Crippen LogP contribution in [-0.2, 0) is 7.05 Å². The monoisotopic (exact) mass is 323 g/mol. The van der Waals surface area contributed by atoms with Gasteiger partial charge in [0.15, 0.2) is 11.4 Å². The van der Waals surface area contributed by atoms with Gasteiger partial charge in [0.05, 0.1) is 35.4 Å². The topological polar surface area (TPSA) is 87.9 Å². The van der Waals surface area contributed by atoms with E-state index in [0.717, 1.165) is 11.1 Å². The van der Waals surface area contributed by atoms with Gasteiger partial charge in [0.1, 0.15) is 5.69 Å². The molecule has 0 aliphatic rings. The minimum atomic E-state index is -0.165. The fourth-order valence-corrected chi connectivity index (χ4v) is 2.69. The highest BCUT2D eigenvalue weighted by Gasteiger charge is 2.22. The quantitative estimate of drug-likeness (QED) is 0.736. The summed E-state index contributed by atoms with van der Waals surface area (Å²) in [5.41, 5.74) is 2.45. The minimum Gasteiger partial charge on any atom is -0.463 e. The van der Waals surface area contributed by atoms with E-state index in [9.17, 15) is 4.79 Å². The second-order valence-electron chi connectivity index (χ2n) is 5.57. The summed E-state index contributed by atoms with van der Waals surface area (Å²) in [6.45, 7) is 2.22. The molecular weight excluding hydrogens is 306 g/mol. The molecule has 7 heteroatoms. The van der Waals surface area contributed by atoms with Gasteiger partial charge in [-0.15, -0.1) is 0 Å². The van der Waals surface area contributed by atoms with E-state index in [2.05, 4.69) is 16.2 Å². The van der Waals surface area contributed by atoms with Crippen molar-refractivity contribution in [2.24, 2.45) is 7.05 Å². The minimum absolute atomic E-state index is 0.165. The molecule has 0 radical (unpaired) electrons. The Morgan fingerprint density at radius 3 is 2.96 bits per heavy atom. The van der Waals surface area contributed by atoms with Gasteiger partial charge in [-0.3, -0.25) is 9.48 Å². The van der Waals surface area contributed by atoms with Crippen LogP contribution in [0.1, 0.15) is 22.5 Å². The van der Waals surface area contributed by atoms with E-state index in [4.69, 9.17) is 9.68 Å². The van der Waals surface area contributed by atoms with Crippen molar-refractivity contribution in [2.75, 3.05) is 13.6 Å². The lowest BCUT2D eigenvalue weighted by Gasteiger charge is -2.16. The summed E-state index contributed by atoms with van der Waals surface area (Å²) in [5.74, 6) is 0.422. The van der Waals surface area contributed by atoms with Crippen molar-refractivity contribution in [1.82, 2.24) is 19.7 Å². The molecule has 0 N–H and O–H groups in total. The van der Waals surface area contributed by atoms with Crippen LogP contribution in [0.15, 0.2) is 28.9 Å². The average molecular weight is 323 g/mol. The van der Waals surface area contributed by atoms with Gasteiger partial charge in [-0.25, -0.2) is 4.98 Å². The Morgan fingerprint density at radius 1 is 1.50 bits per heavy atom. The third-order valence-electron chi connectivity index (χ3n) is 3.88. The van der Waals surface area contributed by atoms with Gasteiger partial charge in [-0.05, 0) is 25.1 Å². The molecule has 0 saturated carbocycles. The van der Waals surface area contributed by atoms with E-state index in [-0.39, 0.29) is 12.3 Å². The second-order valence-corrected chi connectivity index (χ2v) is 5.57. The van der Waals surface area contributed by atoms with Crippen molar-refractivity contribution in [2.45, 2.75) is 13.3 Å². The van der Waals surface area contributed by atoms with Crippen LogP contribution < -0.4 is 0 Å². The summed E-state index contributed by atoms with van der Waals surface area (Å²) in [6, 6.07) is 7.35. The van der Waals surface area contributed by atoms with Crippen LogP contribution in [0.4, 0.5) is 0 Å². The molecule has 0 atom stereocenters. The van der Waals surface area contributed by atoms with Crippen molar-refractivity contribution in [1.29, 1.82) is 5.26 Å². The van der Waals surface area contributed by atoms with Gasteiger partial charge in [0, 0.05) is 20.6 Å². The molecule has 3 aromatic rings. The number of nitrogens with zero attached hydrogens (tertiary/aromatic N) is 5. The second kappa shape index (κ2) is 6.16. The van der Waals surface area contributed by atoms with Crippen LogP contribution in [0, 0.1) is 18.3 Å². The van der Waals surface area contributed by atoms with Gasteiger partial charge >= 0.3 is 0 Å². The Bertz CT molecular complexity index is 934. The van der Waals surface area contributed by atoms with E-state index in [1.54, 1.807) is 43.2 Å². The number of hydrogen-bond donors (Lipinski definition) is 0. The van der Waals surface area contributed by atoms with Gasteiger partial charge in [0.2, 0.25) is 0 Å². The van der Waals surface area contributed by atoms with Gasteiger partial charge in [-0.1, -0.05) is 0 Å². The van der Waals surface area contributed by atoms with Crippen molar-refractivity contribution in [3.05, 3.63) is 35.7 Å². The molecule has 0 bridgehead atoms. The fraction of sp³-hybridized carbons (Fsp3) is 0.294. The Morgan fingerprint density at radius 2 is 2.29 bits per heavy atom. The lowest BCUT2D eigenvalue weighted by atomic mass is 10.1. The number of pyridine rings is 1. The number of furan rings is 1. The molecule has 3 rings (SSSR count). The maximum absolute atomic E-state index is 12.9. The molecule has 0 fully saturated rings. The van der Waals surface area contributed by atoms with Crippen molar-refractivity contribution < 1.29 is 9.21 Å². The van der Waals surface area contributed by atoms with E-state index >= 15 is 0 Å². The zero-order valence-corrected chi connectivity index (χ0v) is 13.8. The predicted octanol–water partition coefficient (Wildman–Crippen LogP) is 2.52. The zero-order chi connectivity index (χ0) is 17.3. The van der Waals surface area contributed by atoms with Crippen molar-refractivity contribution in [3.63, 3.8) is 0 Å². The molecule has 0 aliphatic carbocycles. The lowest BCUT2D eigenvalue weighted by molar-refractivity contribution is 0.0800. The highest BCUT2D eigenvalue weighted by molar-refractivity contribution is 6.07. The Labute approximate surface area is 139 Å². The maximum atomic E-state index is 12.9. The first-order valence-corrected chi connectivity index (χ1v) is 7.53. The van der Waals surface area contributed by atoms with Crippen LogP contribution in [-0.4, -0.2) is 39.2 Å². The number of rotatable bonds is 4. The molecule has 1 amide bonds. The predicted molar refractivity (Wildman–Crippen MR) is 88.1 cm³/mol. The standard InChI is InChI=1S/C17H17N5O2/c1-11-15-12(17(23)21(2)8-5-7-18)10-13(14-6-4-9-24-14)19-16(15)22(3)20-11/h4,6,9-10H,5,8H2,1-3H3. The number of carbonyl (C=O) groups is 1. The van der Waals surface area contributed by atoms with E-state index in [1.807, 2.05) is 6.92 Å². The number of carbonyl (C=O) groups excluding carboxylic acids is 1. The van der Waals surface area contributed by atoms with E-state index < -0.39 is 0 Å². The highest BCUT2D eigenvalue weighted by Crippen LogP contribution is 2.27. The van der Waals surface area contributed by atoms with Crippen LogP contribution in [0.5, 0.6) is 0 Å². The summed E-state index contributed by atoms with van der Waals surface area (Å²) in [5, 5.41) is 13.8. The Kier molecular flexibility index (Phi) is 4.04. The SMILES string of the molecule is Cc1nn(C)c2nc(-c3ccco3)cc(C(=O)N(C)CCC#N)c12. The first-order chi connectivity index (χ1) is 11.5. The summed E-state index contributed by atoms with van der Waals surface area (Å²) >= 11 is 0. The van der Waals surface area contributed by atoms with E-state index in [0.29, 0.717) is 29.2 Å². The van der Waals surface area contributed by atoms with Crippen molar-refractivity contribution >= 4 is 16.9 Å². The summed E-state index contributed by atoms with van der Waals surface area (Å²) in [4.78, 5) is 19.0. The smallest absolute Gasteiger partial charge is 0.254 e. The Balaban J connectivity index is 2.18. The fourth-order valence-electron chi connectivity index (χ4n) is 2.69. The number of hydrogen-bond acceptors (Lipinski definition) is 5. The number of nitriles is 1. The molecule has 0 saturated heterocycles. The molecule has 3 heterocycles. The molecule has 3 aromatic heterocycles. The molecule has 0 spiro atoms. The third-order valence-corrected chi connectivity index (χ3v) is 3.88. The zero-order valence-electron chi connectivity index (χ0n) is 13.8. The van der Waals surface area contributed by atoms with Crippen LogP contribution in [0.2, 0.25) is 0 Å². The van der Waals surface area contributed by atoms with Gasteiger partial charge in [-0.2, -0.15) is 10.4 Å². The average Bonchev–Trinajstić information content (AvgIpc) is 3.20. The first-order valence-electron chi connectivity index (χ1n) is 7.53.